The van der Waals surface area contributed by atoms with E-state index in [-0.39, 0.29) is 0 Å². The Hall–Kier alpha value is -2.70. The van der Waals surface area contributed by atoms with Crippen molar-refractivity contribution in [2.24, 2.45) is 0 Å². The van der Waals surface area contributed by atoms with Crippen molar-refractivity contribution in [2.45, 2.75) is 24.3 Å². The van der Waals surface area contributed by atoms with E-state index in [1.54, 1.807) is 6.92 Å². The van der Waals surface area contributed by atoms with Gasteiger partial charge in [0.25, 0.3) is 0 Å². The number of carboxylic acid groups (broad SMARTS) is 1. The van der Waals surface area contributed by atoms with Gasteiger partial charge in [-0.05, 0) is 47.5 Å². The summed E-state index contributed by atoms with van der Waals surface area (Å²) in [6, 6.07) is 20.6. The maximum Gasteiger partial charge on any atom is 0.333 e. The molecule has 3 aromatic rings. The van der Waals surface area contributed by atoms with E-state index in [1.807, 2.05) is 48.2 Å². The SMILES string of the molecule is CCOC(Cc1ccc2cc(OCCN3CCSc4ccccc43)ccc2c1)C(=O)O. The van der Waals surface area contributed by atoms with Crippen molar-refractivity contribution < 1.29 is 19.4 Å². The maximum absolute atomic E-state index is 11.3. The Kier molecular flexibility index (Phi) is 6.99. The van der Waals surface area contributed by atoms with Crippen molar-refractivity contribution in [1.29, 1.82) is 0 Å². The largest absolute Gasteiger partial charge is 0.492 e. The van der Waals surface area contributed by atoms with Crippen LogP contribution in [-0.4, -0.2) is 49.2 Å². The summed E-state index contributed by atoms with van der Waals surface area (Å²) in [4.78, 5) is 15.1. The molecule has 0 aromatic heterocycles. The minimum absolute atomic E-state index is 0.354. The molecule has 6 heteroatoms. The number of carboxylic acids is 1. The molecule has 0 bridgehead atoms. The van der Waals surface area contributed by atoms with Crippen LogP contribution in [0.1, 0.15) is 12.5 Å². The van der Waals surface area contributed by atoms with Crippen LogP contribution in [0.2, 0.25) is 0 Å². The molecule has 162 valence electrons. The highest BCUT2D eigenvalue weighted by molar-refractivity contribution is 7.99. The molecule has 0 amide bonds. The first-order valence-corrected chi connectivity index (χ1v) is 11.6. The number of fused-ring (bicyclic) bond motifs is 2. The quantitative estimate of drug-likeness (QED) is 0.516. The lowest BCUT2D eigenvalue weighted by molar-refractivity contribution is -0.149. The minimum Gasteiger partial charge on any atom is -0.492 e. The maximum atomic E-state index is 11.3. The summed E-state index contributed by atoms with van der Waals surface area (Å²) in [6.07, 6.45) is -0.462. The van der Waals surface area contributed by atoms with Crippen LogP contribution in [0.25, 0.3) is 10.8 Å². The highest BCUT2D eigenvalue weighted by Crippen LogP contribution is 2.34. The zero-order chi connectivity index (χ0) is 21.6. The van der Waals surface area contributed by atoms with Gasteiger partial charge in [0.1, 0.15) is 12.4 Å². The smallest absolute Gasteiger partial charge is 0.333 e. The number of benzene rings is 3. The fourth-order valence-corrected chi connectivity index (χ4v) is 4.91. The van der Waals surface area contributed by atoms with Gasteiger partial charge in [-0.3, -0.25) is 0 Å². The van der Waals surface area contributed by atoms with Crippen LogP contribution >= 0.6 is 11.8 Å². The highest BCUT2D eigenvalue weighted by atomic mass is 32.2. The molecule has 0 saturated carbocycles. The Bertz CT molecular complexity index is 1050. The number of aliphatic carboxylic acids is 1. The Balaban J connectivity index is 1.38. The van der Waals surface area contributed by atoms with Gasteiger partial charge in [0, 0.05) is 30.2 Å². The number of hydrogen-bond donors (Lipinski definition) is 1. The number of ether oxygens (including phenoxy) is 2. The Morgan fingerprint density at radius 2 is 1.94 bits per heavy atom. The number of hydrogen-bond acceptors (Lipinski definition) is 5. The summed E-state index contributed by atoms with van der Waals surface area (Å²) in [5.41, 5.74) is 2.24. The third kappa shape index (κ3) is 5.32. The molecule has 4 rings (SSSR count). The Morgan fingerprint density at radius 1 is 1.13 bits per heavy atom. The second-order valence-corrected chi connectivity index (χ2v) is 8.62. The number of carbonyl (C=O) groups is 1. The van der Waals surface area contributed by atoms with Crippen molar-refractivity contribution in [1.82, 2.24) is 0 Å². The lowest BCUT2D eigenvalue weighted by atomic mass is 10.0. The van der Waals surface area contributed by atoms with E-state index < -0.39 is 12.1 Å². The molecule has 0 aliphatic carbocycles. The number of thioether (sulfide) groups is 1. The summed E-state index contributed by atoms with van der Waals surface area (Å²) in [5, 5.41) is 11.4. The Morgan fingerprint density at radius 3 is 2.77 bits per heavy atom. The average molecular weight is 438 g/mol. The molecule has 1 N–H and O–H groups in total. The molecule has 0 fully saturated rings. The molecule has 1 aliphatic rings. The van der Waals surface area contributed by atoms with E-state index in [9.17, 15) is 9.90 Å². The summed E-state index contributed by atoms with van der Waals surface area (Å²) < 4.78 is 11.4. The van der Waals surface area contributed by atoms with Crippen LogP contribution in [0.15, 0.2) is 65.6 Å². The topological polar surface area (TPSA) is 59.0 Å². The summed E-state index contributed by atoms with van der Waals surface area (Å²) in [6.45, 7) is 4.69. The minimum atomic E-state index is -0.930. The van der Waals surface area contributed by atoms with Crippen LogP contribution in [0.3, 0.4) is 0 Å². The van der Waals surface area contributed by atoms with Gasteiger partial charge >= 0.3 is 5.97 Å². The van der Waals surface area contributed by atoms with E-state index in [1.165, 1.54) is 10.6 Å². The average Bonchev–Trinajstić information content (AvgIpc) is 2.79. The molecule has 1 atom stereocenters. The van der Waals surface area contributed by atoms with E-state index in [0.29, 0.717) is 19.6 Å². The third-order valence-corrected chi connectivity index (χ3v) is 6.44. The van der Waals surface area contributed by atoms with Crippen molar-refractivity contribution in [3.8, 4) is 5.75 Å². The normalized spacial score (nSPS) is 14.3. The number of nitrogens with zero attached hydrogens (tertiary/aromatic N) is 1. The molecule has 0 radical (unpaired) electrons. The first kappa shape index (κ1) is 21.5. The number of rotatable bonds is 9. The summed E-state index contributed by atoms with van der Waals surface area (Å²) >= 11 is 1.91. The molecule has 0 spiro atoms. The van der Waals surface area contributed by atoms with E-state index in [4.69, 9.17) is 9.47 Å². The van der Waals surface area contributed by atoms with Crippen LogP contribution < -0.4 is 9.64 Å². The molecule has 1 aliphatic heterocycles. The molecule has 0 saturated heterocycles. The summed E-state index contributed by atoms with van der Waals surface area (Å²) in [5.74, 6) is 1.01. The van der Waals surface area contributed by atoms with Crippen molar-refractivity contribution in [2.75, 3.05) is 37.0 Å². The first-order chi connectivity index (χ1) is 15.1. The van der Waals surface area contributed by atoms with Gasteiger partial charge in [0.2, 0.25) is 0 Å². The standard InChI is InChI=1S/C25H27NO4S/c1-2-29-23(25(27)28)16-18-7-8-20-17-21(10-9-19(20)15-18)30-13-11-26-12-14-31-24-6-4-3-5-22(24)26/h3-10,15,17,23H,2,11-14,16H2,1H3,(H,27,28). The van der Waals surface area contributed by atoms with Crippen molar-refractivity contribution in [3.63, 3.8) is 0 Å². The molecule has 1 unspecified atom stereocenters. The van der Waals surface area contributed by atoms with Gasteiger partial charge in [0.05, 0.1) is 12.2 Å². The number of para-hydroxylation sites is 1. The zero-order valence-electron chi connectivity index (χ0n) is 17.6. The molecular weight excluding hydrogens is 410 g/mol. The van der Waals surface area contributed by atoms with Gasteiger partial charge in [-0.15, -0.1) is 11.8 Å². The van der Waals surface area contributed by atoms with Crippen molar-refractivity contribution in [3.05, 3.63) is 66.2 Å². The predicted molar refractivity (Wildman–Crippen MR) is 126 cm³/mol. The molecule has 31 heavy (non-hydrogen) atoms. The van der Waals surface area contributed by atoms with E-state index in [0.717, 1.165) is 40.9 Å². The van der Waals surface area contributed by atoms with Crippen LogP contribution in [0, 0.1) is 0 Å². The van der Waals surface area contributed by atoms with Crippen LogP contribution in [0.4, 0.5) is 5.69 Å². The van der Waals surface area contributed by atoms with Gasteiger partial charge in [0.15, 0.2) is 6.10 Å². The third-order valence-electron chi connectivity index (χ3n) is 5.40. The van der Waals surface area contributed by atoms with Crippen LogP contribution in [0.5, 0.6) is 5.75 Å². The second-order valence-electron chi connectivity index (χ2n) is 7.48. The number of anilines is 1. The lowest BCUT2D eigenvalue weighted by Crippen LogP contribution is -2.33. The van der Waals surface area contributed by atoms with Crippen molar-refractivity contribution >= 4 is 34.2 Å². The predicted octanol–water partition coefficient (Wildman–Crippen LogP) is 4.86. The van der Waals surface area contributed by atoms with Gasteiger partial charge in [-0.1, -0.05) is 36.4 Å². The molecule has 3 aromatic carbocycles. The fraction of sp³-hybridized carbons (Fsp3) is 0.320. The monoisotopic (exact) mass is 437 g/mol. The second kappa shape index (κ2) is 10.1. The summed E-state index contributed by atoms with van der Waals surface area (Å²) in [7, 11) is 0. The molecular formula is C25H27NO4S. The first-order valence-electron chi connectivity index (χ1n) is 10.6. The highest BCUT2D eigenvalue weighted by Gasteiger charge is 2.18. The van der Waals surface area contributed by atoms with Crippen LogP contribution in [-0.2, 0) is 16.0 Å². The van der Waals surface area contributed by atoms with Gasteiger partial charge < -0.3 is 19.5 Å². The lowest BCUT2D eigenvalue weighted by Gasteiger charge is -2.30. The van der Waals surface area contributed by atoms with Gasteiger partial charge in [-0.25, -0.2) is 4.79 Å². The zero-order valence-corrected chi connectivity index (χ0v) is 18.4. The van der Waals surface area contributed by atoms with E-state index in [2.05, 4.69) is 29.2 Å². The molecule has 5 nitrogen and oxygen atoms in total. The molecule has 1 heterocycles. The Labute approximate surface area is 187 Å². The van der Waals surface area contributed by atoms with E-state index >= 15 is 0 Å². The fourth-order valence-electron chi connectivity index (χ4n) is 3.86. The van der Waals surface area contributed by atoms with Gasteiger partial charge in [-0.2, -0.15) is 0 Å².